The predicted molar refractivity (Wildman–Crippen MR) is 369 cm³/mol. The highest BCUT2D eigenvalue weighted by molar-refractivity contribution is 6.93. The maximum Gasteiger partial charge on any atom is 0.376 e. The molecule has 15 rings (SSSR count). The number of rotatable bonds is 5. The van der Waals surface area contributed by atoms with Gasteiger partial charge in [-0.2, -0.15) is 0 Å². The molecule has 0 unspecified atom stereocenters. The van der Waals surface area contributed by atoms with Gasteiger partial charge in [-0.25, -0.2) is 0 Å². The van der Waals surface area contributed by atoms with E-state index in [1.54, 1.807) is 0 Å². The molecule has 0 saturated carbocycles. The lowest BCUT2D eigenvalue weighted by Gasteiger charge is -2.44. The quantitative estimate of drug-likeness (QED) is 0.160. The minimum Gasteiger partial charge on any atom is -0.466 e. The highest BCUT2D eigenvalue weighted by Gasteiger charge is 2.51. The second kappa shape index (κ2) is 18.6. The van der Waals surface area contributed by atoms with Gasteiger partial charge in [0.25, 0.3) is 0 Å². The number of benzene rings is 9. The topological polar surface area (TPSA) is 49.1 Å². The Morgan fingerprint density at radius 1 is 0.414 bits per heavy atom. The number of nitrogens with zero attached hydrogens (tertiary/aromatic N) is 3. The molecular formula is C80H80BN3O3. The lowest BCUT2D eigenvalue weighted by molar-refractivity contribution is 0.332. The Hall–Kier alpha value is -8.42. The van der Waals surface area contributed by atoms with Crippen LogP contribution in [0.3, 0.4) is 0 Å². The van der Waals surface area contributed by atoms with Gasteiger partial charge in [0.2, 0.25) is 0 Å². The molecule has 5 heterocycles. The van der Waals surface area contributed by atoms with Crippen molar-refractivity contribution < 1.29 is 13.3 Å². The molecular weight excluding hydrogens is 1060 g/mol. The zero-order valence-electron chi connectivity index (χ0n) is 53.7. The Bertz CT molecular complexity index is 4720. The van der Waals surface area contributed by atoms with Crippen LogP contribution in [0, 0.1) is 0 Å². The lowest BCUT2D eigenvalue weighted by Crippen LogP contribution is -2.61. The van der Waals surface area contributed by atoms with E-state index in [9.17, 15) is 0 Å². The average Bonchev–Trinajstić information content (AvgIpc) is 1.65. The number of anilines is 8. The van der Waals surface area contributed by atoms with Crippen molar-refractivity contribution in [2.45, 2.75) is 156 Å². The molecule has 0 N–H and O–H groups in total. The van der Waals surface area contributed by atoms with E-state index in [1.165, 1.54) is 33.4 Å². The van der Waals surface area contributed by atoms with Crippen LogP contribution in [-0.2, 0) is 32.5 Å². The first-order valence-corrected chi connectivity index (χ1v) is 31.5. The molecule has 3 aliphatic rings. The molecule has 0 spiro atoms. The molecule has 0 atom stereocenters. The zero-order chi connectivity index (χ0) is 60.8. The van der Waals surface area contributed by atoms with Crippen molar-refractivity contribution in [3.63, 3.8) is 0 Å². The molecule has 9 aromatic carbocycles. The molecule has 0 bridgehead atoms. The van der Waals surface area contributed by atoms with Crippen molar-refractivity contribution in [1.29, 1.82) is 0 Å². The molecule has 3 aromatic heterocycles. The highest BCUT2D eigenvalue weighted by Crippen LogP contribution is 2.56. The van der Waals surface area contributed by atoms with Crippen LogP contribution in [-0.4, -0.2) is 6.85 Å². The summed E-state index contributed by atoms with van der Waals surface area (Å²) in [5.74, 6) is 0. The molecule has 7 heteroatoms. The molecule has 0 amide bonds. The predicted octanol–water partition coefficient (Wildman–Crippen LogP) is 21.9. The first-order chi connectivity index (χ1) is 41.1. The minimum absolute atomic E-state index is 0.0155. The largest absolute Gasteiger partial charge is 0.466 e. The molecule has 0 radical (unpaired) electrons. The van der Waals surface area contributed by atoms with Crippen molar-refractivity contribution in [3.8, 4) is 11.1 Å². The van der Waals surface area contributed by atoms with Crippen molar-refractivity contribution >= 4 is 118 Å². The van der Waals surface area contributed by atoms with E-state index >= 15 is 0 Å². The van der Waals surface area contributed by atoms with E-state index in [2.05, 4.69) is 295 Å². The Morgan fingerprint density at radius 2 is 0.908 bits per heavy atom. The maximum absolute atomic E-state index is 7.76. The fourth-order valence-electron chi connectivity index (χ4n) is 14.6. The monoisotopic (exact) mass is 1140 g/mol. The van der Waals surface area contributed by atoms with Crippen LogP contribution in [0.1, 0.15) is 157 Å². The Labute approximate surface area is 513 Å². The van der Waals surface area contributed by atoms with Gasteiger partial charge in [-0.3, -0.25) is 0 Å². The normalized spacial score (nSPS) is 15.6. The molecule has 0 saturated heterocycles. The van der Waals surface area contributed by atoms with Gasteiger partial charge in [0.15, 0.2) is 0 Å². The zero-order valence-corrected chi connectivity index (χ0v) is 53.7. The summed E-state index contributed by atoms with van der Waals surface area (Å²) in [6.07, 6.45) is 2.22. The van der Waals surface area contributed by atoms with Crippen molar-refractivity contribution in [2.75, 3.05) is 14.6 Å². The highest BCUT2D eigenvalue weighted by atomic mass is 16.3. The summed E-state index contributed by atoms with van der Waals surface area (Å²) in [5, 5.41) is 5.35. The number of fused-ring (bicyclic) bond motifs is 14. The third-order valence-electron chi connectivity index (χ3n) is 19.9. The van der Waals surface area contributed by atoms with E-state index in [1.807, 2.05) is 0 Å². The molecule has 0 fully saturated rings. The Kier molecular flexibility index (Phi) is 11.8. The molecule has 1 aliphatic carbocycles. The molecule has 2 aliphatic heterocycles. The van der Waals surface area contributed by atoms with Crippen molar-refractivity contribution in [1.82, 2.24) is 0 Å². The summed E-state index contributed by atoms with van der Waals surface area (Å²) >= 11 is 0. The summed E-state index contributed by atoms with van der Waals surface area (Å²) in [7, 11) is 0. The minimum atomic E-state index is -0.414. The molecule has 12 aromatic rings. The van der Waals surface area contributed by atoms with E-state index in [0.29, 0.717) is 0 Å². The van der Waals surface area contributed by atoms with E-state index in [4.69, 9.17) is 13.3 Å². The van der Waals surface area contributed by atoms with Gasteiger partial charge in [0.1, 0.15) is 33.6 Å². The van der Waals surface area contributed by atoms with Gasteiger partial charge in [-0.05, 0) is 181 Å². The maximum atomic E-state index is 7.76. The summed E-state index contributed by atoms with van der Waals surface area (Å²) in [6, 6.07) is 64.1. The SMILES string of the molecule is CC(C)(C)c1ccc(N2B3c4oc5cc6c(cc5c4N(c4ccc(C(C)(C)C)cc4)c4cc5c(oc7ccccc75)c(c43)-c3cc4c(cc32)oc2ccc(N(c3ccc(C(C)(C)C)cc3)c3ccc(C(C)(C)C)cc3)cc24)C(C)(C)CCC6(C)C)cc1. The summed E-state index contributed by atoms with van der Waals surface area (Å²) in [5.41, 5.74) is 24.9. The third kappa shape index (κ3) is 8.63. The standard InChI is InChI=1S/C80H80BN3O3/c1-75(2,3)47-21-29-51(30-22-47)82(52-31-23-48(24-32-52)76(4,5)6)55-37-38-67-57(41-55)58-42-60-64(46-69(58)85-67)84(54-35-27-50(28-36-54)78(10,11)12)81-71-65(44-59-56-19-17-18-20-66(56)86-73(59)70(60)71)83(53-33-25-49(26-34-53)77(7,8)9)72-61-43-62-63(45-68(61)87-74(72)81)80(15,16)40-39-79(62,13)14/h17-38,41-46H,39-40H2,1-16H3. The summed E-state index contributed by atoms with van der Waals surface area (Å²) < 4.78 is 22.2. The lowest BCUT2D eigenvalue weighted by atomic mass is 9.45. The van der Waals surface area contributed by atoms with Crippen molar-refractivity contribution in [3.05, 3.63) is 203 Å². The van der Waals surface area contributed by atoms with Crippen LogP contribution < -0.4 is 25.7 Å². The van der Waals surface area contributed by atoms with Gasteiger partial charge < -0.3 is 27.9 Å². The number of hydrogen-bond donors (Lipinski definition) is 0. The number of hydrogen-bond acceptors (Lipinski definition) is 6. The van der Waals surface area contributed by atoms with Crippen LogP contribution in [0.2, 0.25) is 0 Å². The Balaban J connectivity index is 1.04. The van der Waals surface area contributed by atoms with E-state index in [0.717, 1.165) is 135 Å². The molecule has 436 valence electrons. The molecule has 87 heavy (non-hydrogen) atoms. The second-order valence-electron chi connectivity index (χ2n) is 30.9. The first kappa shape index (κ1) is 55.2. The molecule has 6 nitrogen and oxygen atoms in total. The van der Waals surface area contributed by atoms with Gasteiger partial charge >= 0.3 is 6.85 Å². The third-order valence-corrected chi connectivity index (χ3v) is 19.9. The van der Waals surface area contributed by atoms with Crippen LogP contribution >= 0.6 is 0 Å². The number of furan rings is 3. The second-order valence-corrected chi connectivity index (χ2v) is 30.9. The fraction of sp³-hybridized carbons (Fsp3) is 0.300. The smallest absolute Gasteiger partial charge is 0.376 e. The van der Waals surface area contributed by atoms with Gasteiger partial charge in [0.05, 0.1) is 5.69 Å². The van der Waals surface area contributed by atoms with Crippen LogP contribution in [0.5, 0.6) is 0 Å². The van der Waals surface area contributed by atoms with Crippen molar-refractivity contribution in [2.24, 2.45) is 0 Å². The number of para-hydroxylation sites is 1. The van der Waals surface area contributed by atoms with Crippen LogP contribution in [0.4, 0.5) is 45.5 Å². The van der Waals surface area contributed by atoms with E-state index in [-0.39, 0.29) is 32.5 Å². The first-order valence-electron chi connectivity index (χ1n) is 31.5. The summed E-state index contributed by atoms with van der Waals surface area (Å²) in [6.45, 7) is 36.7. The average molecular weight is 1140 g/mol. The van der Waals surface area contributed by atoms with Crippen LogP contribution in [0.25, 0.3) is 66.0 Å². The van der Waals surface area contributed by atoms with Gasteiger partial charge in [-0.15, -0.1) is 0 Å². The van der Waals surface area contributed by atoms with E-state index < -0.39 is 6.85 Å². The Morgan fingerprint density at radius 3 is 1.48 bits per heavy atom. The fourth-order valence-corrected chi connectivity index (χ4v) is 14.6. The van der Waals surface area contributed by atoms with Crippen LogP contribution in [0.15, 0.2) is 183 Å². The van der Waals surface area contributed by atoms with Gasteiger partial charge in [0, 0.05) is 83.9 Å². The van der Waals surface area contributed by atoms with Gasteiger partial charge in [-0.1, -0.05) is 178 Å². The summed E-state index contributed by atoms with van der Waals surface area (Å²) in [4.78, 5) is 7.48.